The van der Waals surface area contributed by atoms with Gasteiger partial charge in [-0.25, -0.2) is 4.79 Å². The fourth-order valence-electron chi connectivity index (χ4n) is 0.885. The van der Waals surface area contributed by atoms with Crippen molar-refractivity contribution < 1.29 is 31.4 Å². The minimum absolute atomic E-state index is 0.0412. The van der Waals surface area contributed by atoms with Crippen molar-refractivity contribution in [2.45, 2.75) is 26.2 Å². The normalized spacial score (nSPS) is 22.3. The molecule has 0 aromatic carbocycles. The average molecular weight is 240 g/mol. The molecular formula is C7H12O7S. The van der Waals surface area contributed by atoms with E-state index in [1.54, 1.807) is 0 Å². The van der Waals surface area contributed by atoms with Crippen LogP contribution in [-0.4, -0.2) is 32.1 Å². The molecule has 1 rings (SSSR count). The lowest BCUT2D eigenvalue weighted by atomic mass is 10.1. The Balaban J connectivity index is 2.51. The van der Waals surface area contributed by atoms with E-state index in [2.05, 4.69) is 8.37 Å². The quantitative estimate of drug-likeness (QED) is 0.726. The maximum absolute atomic E-state index is 10.6. The molecule has 0 unspecified atom stereocenters. The van der Waals surface area contributed by atoms with Crippen molar-refractivity contribution >= 4 is 16.4 Å². The van der Waals surface area contributed by atoms with Gasteiger partial charge >= 0.3 is 22.3 Å². The lowest BCUT2D eigenvalue weighted by Gasteiger charge is -2.33. The van der Waals surface area contributed by atoms with Crippen LogP contribution in [0.15, 0.2) is 0 Å². The first-order valence-corrected chi connectivity index (χ1v) is 5.64. The first-order valence-electron chi connectivity index (χ1n) is 4.31. The molecule has 0 aliphatic carbocycles. The molecule has 15 heavy (non-hydrogen) atoms. The van der Waals surface area contributed by atoms with Crippen LogP contribution in [0.5, 0.6) is 0 Å². The highest BCUT2D eigenvalue weighted by Crippen LogP contribution is 2.32. The van der Waals surface area contributed by atoms with E-state index < -0.39 is 22.3 Å². The second-order valence-electron chi connectivity index (χ2n) is 3.47. The molecule has 0 radical (unpaired) electrons. The third kappa shape index (κ3) is 2.88. The van der Waals surface area contributed by atoms with Crippen LogP contribution in [0.1, 0.15) is 20.3 Å². The summed E-state index contributed by atoms with van der Waals surface area (Å²) in [6.07, 6.45) is 0.571. The fourth-order valence-corrected chi connectivity index (χ4v) is 1.67. The monoisotopic (exact) mass is 240 g/mol. The summed E-state index contributed by atoms with van der Waals surface area (Å²) in [5.41, 5.74) is 0. The zero-order valence-corrected chi connectivity index (χ0v) is 9.11. The molecule has 1 N–H and O–H groups in total. The Kier molecular flexibility index (Phi) is 3.34. The van der Waals surface area contributed by atoms with Gasteiger partial charge in [0.25, 0.3) is 0 Å². The van der Waals surface area contributed by atoms with Crippen molar-refractivity contribution in [3.8, 4) is 0 Å². The van der Waals surface area contributed by atoms with Crippen molar-refractivity contribution in [3.05, 3.63) is 0 Å². The number of aliphatic carboxylic acids is 1. The lowest BCUT2D eigenvalue weighted by Crippen LogP contribution is -2.58. The highest BCUT2D eigenvalue weighted by molar-refractivity contribution is 7.82. The largest absolute Gasteiger partial charge is 0.475 e. The van der Waals surface area contributed by atoms with Gasteiger partial charge in [0.15, 0.2) is 0 Å². The molecule has 1 aliphatic rings. The molecule has 1 fully saturated rings. The van der Waals surface area contributed by atoms with Crippen LogP contribution in [0.25, 0.3) is 0 Å². The van der Waals surface area contributed by atoms with Gasteiger partial charge in [-0.3, -0.25) is 0 Å². The van der Waals surface area contributed by atoms with Gasteiger partial charge in [0.1, 0.15) is 0 Å². The predicted octanol–water partition coefficient (Wildman–Crippen LogP) is 0.0791. The Labute approximate surface area is 87.3 Å². The molecule has 88 valence electrons. The van der Waals surface area contributed by atoms with Crippen LogP contribution in [0, 0.1) is 5.92 Å². The van der Waals surface area contributed by atoms with E-state index in [9.17, 15) is 13.2 Å². The Morgan fingerprint density at radius 1 is 1.47 bits per heavy atom. The van der Waals surface area contributed by atoms with Crippen LogP contribution in [-0.2, 0) is 28.3 Å². The molecule has 0 spiro atoms. The molecule has 1 saturated heterocycles. The van der Waals surface area contributed by atoms with Gasteiger partial charge in [-0.05, 0) is 12.3 Å². The van der Waals surface area contributed by atoms with E-state index >= 15 is 0 Å². The molecule has 0 amide bonds. The number of carboxylic acid groups (broad SMARTS) is 1. The number of hydrogen-bond donors (Lipinski definition) is 1. The molecule has 1 heterocycles. The summed E-state index contributed by atoms with van der Waals surface area (Å²) in [5.74, 6) is -3.80. The minimum Gasteiger partial charge on any atom is -0.475 e. The van der Waals surface area contributed by atoms with E-state index in [1.807, 2.05) is 13.8 Å². The summed E-state index contributed by atoms with van der Waals surface area (Å²) < 4.78 is 34.0. The number of carboxylic acids is 1. The zero-order valence-electron chi connectivity index (χ0n) is 8.30. The van der Waals surface area contributed by atoms with Crippen molar-refractivity contribution in [3.63, 3.8) is 0 Å². The van der Waals surface area contributed by atoms with Gasteiger partial charge in [0.05, 0.1) is 6.61 Å². The molecular weight excluding hydrogens is 228 g/mol. The summed E-state index contributed by atoms with van der Waals surface area (Å²) in [5, 5.41) is 8.64. The summed E-state index contributed by atoms with van der Waals surface area (Å²) in [4.78, 5) is 10.6. The van der Waals surface area contributed by atoms with Crippen molar-refractivity contribution in [2.24, 2.45) is 5.92 Å². The van der Waals surface area contributed by atoms with E-state index in [0.717, 1.165) is 0 Å². The Hall–Kier alpha value is -0.700. The fraction of sp³-hybridized carbons (Fsp3) is 0.857. The van der Waals surface area contributed by atoms with E-state index in [0.29, 0.717) is 12.3 Å². The Bertz CT molecular complexity index is 332. The van der Waals surface area contributed by atoms with Gasteiger partial charge in [0, 0.05) is 0 Å². The number of rotatable bonds is 5. The smallest absolute Gasteiger partial charge is 0.419 e. The number of carbonyl (C=O) groups is 1. The second-order valence-corrected chi connectivity index (χ2v) is 4.62. The molecule has 0 saturated carbocycles. The first-order chi connectivity index (χ1) is 6.77. The van der Waals surface area contributed by atoms with E-state index in [-0.39, 0.29) is 6.61 Å². The van der Waals surface area contributed by atoms with E-state index in [1.165, 1.54) is 0 Å². The maximum Gasteiger partial charge on any atom is 0.419 e. The summed E-state index contributed by atoms with van der Waals surface area (Å²) in [6.45, 7) is 3.87. The molecule has 7 nitrogen and oxygen atoms in total. The topological polar surface area (TPSA) is 99.1 Å². The number of hydrogen-bond acceptors (Lipinski definition) is 6. The van der Waals surface area contributed by atoms with Gasteiger partial charge in [-0.2, -0.15) is 16.8 Å². The van der Waals surface area contributed by atoms with Crippen LogP contribution in [0.3, 0.4) is 0 Å². The molecule has 8 heteroatoms. The highest BCUT2D eigenvalue weighted by Gasteiger charge is 2.61. The third-order valence-electron chi connectivity index (χ3n) is 1.67. The molecule has 0 aromatic rings. The molecule has 1 aliphatic heterocycles. The zero-order chi connectivity index (χ0) is 11.7. The summed E-state index contributed by atoms with van der Waals surface area (Å²) in [7, 11) is -4.19. The Morgan fingerprint density at radius 2 is 2.00 bits per heavy atom. The number of ether oxygens (including phenoxy) is 1. The SMILES string of the molecule is CC(C)CCOC1(C(=O)O)OS(=O)(=O)O1. The molecule has 0 bridgehead atoms. The van der Waals surface area contributed by atoms with Crippen molar-refractivity contribution in [1.29, 1.82) is 0 Å². The first kappa shape index (κ1) is 12.4. The van der Waals surface area contributed by atoms with Crippen molar-refractivity contribution in [1.82, 2.24) is 0 Å². The second kappa shape index (κ2) is 4.05. The molecule has 0 aromatic heterocycles. The van der Waals surface area contributed by atoms with Crippen LogP contribution < -0.4 is 0 Å². The van der Waals surface area contributed by atoms with Crippen molar-refractivity contribution in [2.75, 3.05) is 6.61 Å². The summed E-state index contributed by atoms with van der Waals surface area (Å²) in [6, 6.07) is 0. The van der Waals surface area contributed by atoms with Crippen LogP contribution in [0.4, 0.5) is 0 Å². The highest BCUT2D eigenvalue weighted by atomic mass is 32.3. The van der Waals surface area contributed by atoms with Gasteiger partial charge in [-0.15, -0.1) is 0 Å². The standard InChI is InChI=1S/C7H12O7S/c1-5(2)3-4-12-7(6(8)9)13-15(10,11)14-7/h5H,3-4H2,1-2H3,(H,8,9). The minimum atomic E-state index is -4.19. The van der Waals surface area contributed by atoms with E-state index in [4.69, 9.17) is 9.84 Å². The Morgan fingerprint density at radius 3 is 2.33 bits per heavy atom. The van der Waals surface area contributed by atoms with Gasteiger partial charge in [0.2, 0.25) is 0 Å². The maximum atomic E-state index is 10.6. The summed E-state index contributed by atoms with van der Waals surface area (Å²) >= 11 is 0. The predicted molar refractivity (Wildman–Crippen MR) is 46.9 cm³/mol. The van der Waals surface area contributed by atoms with Crippen LogP contribution in [0.2, 0.25) is 0 Å². The van der Waals surface area contributed by atoms with Gasteiger partial charge in [-0.1, -0.05) is 13.8 Å². The van der Waals surface area contributed by atoms with Gasteiger partial charge < -0.3 is 9.84 Å². The molecule has 0 atom stereocenters. The third-order valence-corrected chi connectivity index (χ3v) is 2.52. The van der Waals surface area contributed by atoms with Crippen LogP contribution >= 0.6 is 0 Å². The lowest BCUT2D eigenvalue weighted by molar-refractivity contribution is -0.334. The average Bonchev–Trinajstić information content (AvgIpc) is 1.98.